The molecule has 3 radical (unpaired) electrons. The molecule has 0 saturated heterocycles. The second-order valence-corrected chi connectivity index (χ2v) is 0. The summed E-state index contributed by atoms with van der Waals surface area (Å²) in [7, 11) is 0. The Morgan fingerprint density at radius 3 is 1.00 bits per heavy atom. The van der Waals surface area contributed by atoms with Crippen molar-refractivity contribution in [2.75, 3.05) is 0 Å². The van der Waals surface area contributed by atoms with Crippen molar-refractivity contribution in [2.24, 2.45) is 0 Å². The van der Waals surface area contributed by atoms with E-state index in [9.17, 15) is 0 Å². The van der Waals surface area contributed by atoms with E-state index in [2.05, 4.69) is 0 Å². The second-order valence-electron chi connectivity index (χ2n) is 0. The van der Waals surface area contributed by atoms with Crippen LogP contribution in [0.3, 0.4) is 0 Å². The molecule has 0 atom stereocenters. The van der Waals surface area contributed by atoms with E-state index >= 15 is 0 Å². The third kappa shape index (κ3) is 9.21. The van der Waals surface area contributed by atoms with Gasteiger partial charge in [0.1, 0.15) is 0 Å². The van der Waals surface area contributed by atoms with E-state index in [0.29, 0.717) is 0 Å². The Balaban J connectivity index is 0. The fourth-order valence-corrected chi connectivity index (χ4v) is 0. The molecular weight excluding hydrogens is 345 g/mol. The minimum atomic E-state index is 0. The Bertz CT molecular complexity index is 8.00. The predicted octanol–water partition coefficient (Wildman–Crippen LogP) is -0.921. The monoisotopic (exact) mass is 347 g/mol. The second kappa shape index (κ2) is 15.9. The first-order valence-corrected chi connectivity index (χ1v) is 0. The third-order valence-corrected chi connectivity index (χ3v) is 0. The van der Waals surface area contributed by atoms with Gasteiger partial charge >= 0.3 is 45.5 Å². The molecule has 0 rings (SSSR count). The van der Waals surface area contributed by atoms with Gasteiger partial charge in [0.15, 0.2) is 0 Å². The van der Waals surface area contributed by atoms with Crippen LogP contribution in [0.1, 0.15) is 0 Å². The van der Waals surface area contributed by atoms with E-state index < -0.39 is 0 Å². The molecule has 0 heterocycles. The van der Waals surface area contributed by atoms with Gasteiger partial charge in [-0.2, -0.15) is 0 Å². The molecule has 4 heavy (non-hydrogen) atoms. The molecule has 0 spiro atoms. The Hall–Kier alpha value is 3.71. The molecule has 0 saturated carbocycles. The van der Waals surface area contributed by atoms with Crippen LogP contribution in [-0.2, 0) is 34.1 Å². The van der Waals surface area contributed by atoms with E-state index in [1.54, 1.807) is 0 Å². The van der Waals surface area contributed by atoms with Gasteiger partial charge in [-0.1, -0.05) is 0 Å². The van der Waals surface area contributed by atoms with E-state index in [-0.39, 0.29) is 115 Å². The van der Waals surface area contributed by atoms with Crippen LogP contribution in [0.4, 0.5) is 0 Å². The van der Waals surface area contributed by atoms with E-state index in [0.717, 1.165) is 0 Å². The molecule has 4 heteroatoms. The van der Waals surface area contributed by atoms with Crippen LogP contribution >= 0.6 is 0 Å². The van der Waals surface area contributed by atoms with E-state index in [1.165, 1.54) is 0 Å². The summed E-state index contributed by atoms with van der Waals surface area (Å²) in [5, 5.41) is 0. The fourth-order valence-electron chi connectivity index (χ4n) is 0. The molecule has 0 unspecified atom stereocenters. The Morgan fingerprint density at radius 1 is 1.00 bits per heavy atom. The van der Waals surface area contributed by atoms with Crippen LogP contribution in [0.15, 0.2) is 0 Å². The molecule has 0 nitrogen and oxygen atoms in total. The molecule has 0 aliphatic rings. The first-order chi connectivity index (χ1) is 0. The number of hydrogen-bond donors (Lipinski definition) is 0. The van der Waals surface area contributed by atoms with Crippen LogP contribution in [0.25, 0.3) is 0 Å². The summed E-state index contributed by atoms with van der Waals surface area (Å²) in [6.07, 6.45) is 0. The van der Waals surface area contributed by atoms with Crippen LogP contribution in [0.5, 0.6) is 0 Å². The molecule has 0 aliphatic heterocycles. The van der Waals surface area contributed by atoms with Gasteiger partial charge in [0.25, 0.3) is 0 Å². The van der Waals surface area contributed by atoms with E-state index in [1.807, 2.05) is 0 Å². The van der Waals surface area contributed by atoms with E-state index in [4.69, 9.17) is 0 Å². The standard InChI is InChI=1S/Cu.La.Mn.Sr.2H. The molecule has 0 aromatic heterocycles. The Labute approximate surface area is 112 Å². The summed E-state index contributed by atoms with van der Waals surface area (Å²) >= 11 is 0. The van der Waals surface area contributed by atoms with Gasteiger partial charge in [0, 0.05) is 69.7 Å². The van der Waals surface area contributed by atoms with Crippen molar-refractivity contribution in [1.29, 1.82) is 0 Å². The van der Waals surface area contributed by atoms with Gasteiger partial charge in [0.05, 0.1) is 0 Å². The van der Waals surface area contributed by atoms with Gasteiger partial charge in [-0.3, -0.25) is 0 Å². The molecule has 0 N–H and O–H groups in total. The van der Waals surface area contributed by atoms with Gasteiger partial charge in [-0.25, -0.2) is 0 Å². The topological polar surface area (TPSA) is 0 Å². The molecular formula is H2CuLaMnSr. The molecule has 0 aromatic rings. The van der Waals surface area contributed by atoms with Crippen molar-refractivity contribution >= 4 is 45.5 Å². The summed E-state index contributed by atoms with van der Waals surface area (Å²) in [4.78, 5) is 0. The van der Waals surface area contributed by atoms with Crippen molar-refractivity contribution in [2.45, 2.75) is 0 Å². The quantitative estimate of drug-likeness (QED) is 0.498. The van der Waals surface area contributed by atoms with Crippen LogP contribution in [-0.4, -0.2) is 45.5 Å². The van der Waals surface area contributed by atoms with Crippen molar-refractivity contribution in [1.82, 2.24) is 0 Å². The Kier molecular flexibility index (Phi) is 100. The van der Waals surface area contributed by atoms with Gasteiger partial charge in [0.2, 0.25) is 0 Å². The average Bonchev–Trinajstić information content (AvgIpc) is 0. The normalized spacial score (nSPS) is 0. The third-order valence-electron chi connectivity index (χ3n) is 0. The molecule has 0 aromatic carbocycles. The zero-order valence-electron chi connectivity index (χ0n) is 1.26. The van der Waals surface area contributed by atoms with Crippen LogP contribution in [0, 0.1) is 35.6 Å². The first kappa shape index (κ1) is 25.2. The van der Waals surface area contributed by atoms with Crippen LogP contribution in [0.2, 0.25) is 0 Å². The number of hydrogen-bond acceptors (Lipinski definition) is 0. The maximum atomic E-state index is 0. The number of rotatable bonds is 0. The molecule has 25 valence electrons. The average molecular weight is 347 g/mol. The molecule has 0 amide bonds. The van der Waals surface area contributed by atoms with Crippen molar-refractivity contribution in [3.63, 3.8) is 0 Å². The molecule has 0 aliphatic carbocycles. The SMILES string of the molecule is [Cu].[La].[Mn].[SrH2]. The van der Waals surface area contributed by atoms with Crippen molar-refractivity contribution in [3.05, 3.63) is 0 Å². The summed E-state index contributed by atoms with van der Waals surface area (Å²) in [6.45, 7) is 0. The van der Waals surface area contributed by atoms with Gasteiger partial charge in [-0.15, -0.1) is 0 Å². The summed E-state index contributed by atoms with van der Waals surface area (Å²) in [5.74, 6) is 0. The van der Waals surface area contributed by atoms with Crippen LogP contribution < -0.4 is 0 Å². The minimum absolute atomic E-state index is 0. The molecule has 0 bridgehead atoms. The Morgan fingerprint density at radius 2 is 1.00 bits per heavy atom. The zero-order chi connectivity index (χ0) is 0. The van der Waals surface area contributed by atoms with Crippen molar-refractivity contribution in [3.8, 4) is 0 Å². The van der Waals surface area contributed by atoms with Gasteiger partial charge < -0.3 is 0 Å². The first-order valence-electron chi connectivity index (χ1n) is 0. The van der Waals surface area contributed by atoms with Gasteiger partial charge in [-0.05, 0) is 0 Å². The maximum absolute atomic E-state index is 0. The predicted molar refractivity (Wildman–Crippen MR) is 8.54 cm³/mol. The summed E-state index contributed by atoms with van der Waals surface area (Å²) in [5.41, 5.74) is 0. The fraction of sp³-hybridized carbons (Fsp3) is 0. The zero-order valence-corrected chi connectivity index (χ0v) is 7.00. The summed E-state index contributed by atoms with van der Waals surface area (Å²) in [6, 6.07) is 0. The summed E-state index contributed by atoms with van der Waals surface area (Å²) < 4.78 is 0. The van der Waals surface area contributed by atoms with Crippen molar-refractivity contribution < 1.29 is 69.7 Å². The molecule has 0 fully saturated rings.